The van der Waals surface area contributed by atoms with Crippen molar-refractivity contribution in [3.8, 4) is 11.4 Å². The van der Waals surface area contributed by atoms with Crippen LogP contribution in [0.5, 0.6) is 5.75 Å². The summed E-state index contributed by atoms with van der Waals surface area (Å²) >= 11 is 0. The Hall–Kier alpha value is -1.86. The zero-order valence-corrected chi connectivity index (χ0v) is 12.8. The van der Waals surface area contributed by atoms with Gasteiger partial charge in [-0.15, -0.1) is 0 Å². The molecule has 0 N–H and O–H groups in total. The van der Waals surface area contributed by atoms with Crippen molar-refractivity contribution < 1.29 is 21.7 Å². The van der Waals surface area contributed by atoms with Crippen molar-refractivity contribution in [3.05, 3.63) is 48.0 Å². The molecule has 0 amide bonds. The lowest BCUT2D eigenvalue weighted by molar-refractivity contribution is 0.113. The molecule has 7 heteroatoms. The third kappa shape index (κ3) is 3.31. The molecule has 3 rings (SSSR count). The van der Waals surface area contributed by atoms with Crippen LogP contribution in [0.25, 0.3) is 5.69 Å². The summed E-state index contributed by atoms with van der Waals surface area (Å²) in [6.45, 7) is -0.0409. The van der Waals surface area contributed by atoms with Gasteiger partial charge in [0.25, 0.3) is 10.1 Å². The van der Waals surface area contributed by atoms with E-state index in [1.807, 2.05) is 12.1 Å². The quantitative estimate of drug-likeness (QED) is 0.809. The first-order valence-corrected chi connectivity index (χ1v) is 8.71. The summed E-state index contributed by atoms with van der Waals surface area (Å²) in [5.74, 6) is 0.253. The van der Waals surface area contributed by atoms with E-state index in [2.05, 4.69) is 0 Å². The Morgan fingerprint density at radius 2 is 2.09 bits per heavy atom. The average Bonchev–Trinajstić information content (AvgIpc) is 2.97. The normalized spacial score (nSPS) is 17.8. The van der Waals surface area contributed by atoms with E-state index in [0.717, 1.165) is 11.8 Å². The van der Waals surface area contributed by atoms with E-state index < -0.39 is 10.1 Å². The highest BCUT2D eigenvalue weighted by Gasteiger charge is 2.25. The minimum atomic E-state index is -3.51. The van der Waals surface area contributed by atoms with Crippen LogP contribution in [-0.2, 0) is 20.7 Å². The number of hydrogen-bond donors (Lipinski definition) is 0. The first-order chi connectivity index (χ1) is 10.4. The number of ether oxygens (including phenoxy) is 1. The summed E-state index contributed by atoms with van der Waals surface area (Å²) < 4.78 is 48.4. The summed E-state index contributed by atoms with van der Waals surface area (Å²) in [5, 5.41) is 0. The number of aryl methyl sites for hydroxylation is 1. The minimum absolute atomic E-state index is 0.0409. The van der Waals surface area contributed by atoms with Crippen LogP contribution in [0.2, 0.25) is 0 Å². The van der Waals surface area contributed by atoms with E-state index in [0.29, 0.717) is 24.3 Å². The summed E-state index contributed by atoms with van der Waals surface area (Å²) in [4.78, 5) is 0. The summed E-state index contributed by atoms with van der Waals surface area (Å²) in [5.41, 5.74) is 1.38. The molecule has 1 aliphatic rings. The second-order valence-electron chi connectivity index (χ2n) is 5.27. The average molecular weight is 325 g/mol. The third-order valence-electron chi connectivity index (χ3n) is 3.48. The maximum absolute atomic E-state index is 13.8. The van der Waals surface area contributed by atoms with Crippen LogP contribution in [0.15, 0.2) is 36.7 Å². The number of fused-ring (bicyclic) bond motifs is 1. The highest BCUT2D eigenvalue weighted by atomic mass is 32.2. The van der Waals surface area contributed by atoms with Gasteiger partial charge in [-0.25, -0.2) is 4.39 Å². The molecule has 0 fully saturated rings. The zero-order valence-electron chi connectivity index (χ0n) is 12.0. The maximum atomic E-state index is 13.8. The Morgan fingerprint density at radius 3 is 2.77 bits per heavy atom. The van der Waals surface area contributed by atoms with Crippen LogP contribution < -0.4 is 4.74 Å². The van der Waals surface area contributed by atoms with Gasteiger partial charge in [0.1, 0.15) is 24.3 Å². The van der Waals surface area contributed by atoms with Gasteiger partial charge in [0, 0.05) is 18.5 Å². The predicted molar refractivity (Wildman–Crippen MR) is 79.3 cm³/mol. The fraction of sp³-hybridized carbons (Fsp3) is 0.333. The van der Waals surface area contributed by atoms with Crippen molar-refractivity contribution in [2.24, 2.45) is 0 Å². The number of nitrogens with zero attached hydrogens (tertiary/aromatic N) is 1. The molecule has 0 saturated carbocycles. The molecule has 0 saturated heterocycles. The van der Waals surface area contributed by atoms with E-state index in [1.54, 1.807) is 17.0 Å². The van der Waals surface area contributed by atoms with Crippen molar-refractivity contribution >= 4 is 10.1 Å². The highest BCUT2D eigenvalue weighted by Crippen LogP contribution is 2.35. The topological polar surface area (TPSA) is 57.5 Å². The van der Waals surface area contributed by atoms with E-state index in [9.17, 15) is 12.8 Å². The largest absolute Gasteiger partial charge is 0.485 e. The van der Waals surface area contributed by atoms with Crippen LogP contribution in [0, 0.1) is 5.82 Å². The van der Waals surface area contributed by atoms with Crippen molar-refractivity contribution in [2.45, 2.75) is 18.9 Å². The van der Waals surface area contributed by atoms with Crippen LogP contribution >= 0.6 is 0 Å². The van der Waals surface area contributed by atoms with Gasteiger partial charge < -0.3 is 9.30 Å². The first-order valence-electron chi connectivity index (χ1n) is 6.89. The van der Waals surface area contributed by atoms with Gasteiger partial charge in [0.15, 0.2) is 0 Å². The standard InChI is InChI=1S/C15H16FNO4S/c1-22(18,19)20-10-13-5-4-11-8-12(16)9-14(15(11)21-13)17-6-2-3-7-17/h2-3,6-9,13H,4-5,10H2,1H3. The van der Waals surface area contributed by atoms with Gasteiger partial charge in [0.05, 0.1) is 11.9 Å². The number of aromatic nitrogens is 1. The molecule has 118 valence electrons. The molecule has 0 aliphatic carbocycles. The summed E-state index contributed by atoms with van der Waals surface area (Å²) in [7, 11) is -3.51. The Balaban J connectivity index is 1.89. The molecule has 1 aromatic carbocycles. The SMILES string of the molecule is CS(=O)(=O)OCC1CCc2cc(F)cc(-n3cccc3)c2O1. The molecule has 0 radical (unpaired) electrons. The van der Waals surface area contributed by atoms with Crippen molar-refractivity contribution in [2.75, 3.05) is 12.9 Å². The molecule has 2 aromatic rings. The molecule has 0 bridgehead atoms. The van der Waals surface area contributed by atoms with Crippen molar-refractivity contribution in [3.63, 3.8) is 0 Å². The Kier molecular flexibility index (Phi) is 3.92. The fourth-order valence-electron chi connectivity index (χ4n) is 2.50. The zero-order chi connectivity index (χ0) is 15.7. The molecular weight excluding hydrogens is 309 g/mol. The van der Waals surface area contributed by atoms with Crippen LogP contribution in [0.1, 0.15) is 12.0 Å². The lowest BCUT2D eigenvalue weighted by atomic mass is 10.0. The Labute approximate surface area is 128 Å². The van der Waals surface area contributed by atoms with Crippen molar-refractivity contribution in [1.29, 1.82) is 0 Å². The molecule has 1 unspecified atom stereocenters. The van der Waals surface area contributed by atoms with Crippen LogP contribution in [0.3, 0.4) is 0 Å². The lowest BCUT2D eigenvalue weighted by Gasteiger charge is -2.27. The smallest absolute Gasteiger partial charge is 0.264 e. The lowest BCUT2D eigenvalue weighted by Crippen LogP contribution is -2.29. The number of hydrogen-bond acceptors (Lipinski definition) is 4. The van der Waals surface area contributed by atoms with Gasteiger partial charge in [-0.1, -0.05) is 0 Å². The van der Waals surface area contributed by atoms with E-state index in [1.165, 1.54) is 12.1 Å². The van der Waals surface area contributed by atoms with Crippen LogP contribution in [0.4, 0.5) is 4.39 Å². The Bertz CT molecular complexity index is 771. The number of rotatable bonds is 4. The van der Waals surface area contributed by atoms with Gasteiger partial charge in [0.2, 0.25) is 0 Å². The second-order valence-corrected chi connectivity index (χ2v) is 6.91. The maximum Gasteiger partial charge on any atom is 0.264 e. The third-order valence-corrected chi connectivity index (χ3v) is 4.05. The number of benzene rings is 1. The van der Waals surface area contributed by atoms with E-state index in [-0.39, 0.29) is 18.5 Å². The molecule has 22 heavy (non-hydrogen) atoms. The molecule has 0 spiro atoms. The minimum Gasteiger partial charge on any atom is -0.485 e. The van der Waals surface area contributed by atoms with Gasteiger partial charge in [-0.3, -0.25) is 4.18 Å². The second kappa shape index (κ2) is 5.73. The Morgan fingerprint density at radius 1 is 1.36 bits per heavy atom. The first kappa shape index (κ1) is 15.1. The monoisotopic (exact) mass is 325 g/mol. The van der Waals surface area contributed by atoms with Gasteiger partial charge in [-0.05, 0) is 36.6 Å². The van der Waals surface area contributed by atoms with E-state index >= 15 is 0 Å². The van der Waals surface area contributed by atoms with Crippen molar-refractivity contribution in [1.82, 2.24) is 4.57 Å². The molecule has 5 nitrogen and oxygen atoms in total. The number of halogens is 1. The summed E-state index contributed by atoms with van der Waals surface area (Å²) in [6.07, 6.45) is 5.42. The predicted octanol–water partition coefficient (Wildman–Crippen LogP) is 2.29. The molecule has 1 aromatic heterocycles. The highest BCUT2D eigenvalue weighted by molar-refractivity contribution is 7.85. The molecular formula is C15H16FNO4S. The van der Waals surface area contributed by atoms with Gasteiger partial charge in [-0.2, -0.15) is 8.42 Å². The molecule has 1 aliphatic heterocycles. The fourth-order valence-corrected chi connectivity index (χ4v) is 2.90. The van der Waals surface area contributed by atoms with Gasteiger partial charge >= 0.3 is 0 Å². The summed E-state index contributed by atoms with van der Waals surface area (Å²) in [6, 6.07) is 6.53. The molecule has 1 atom stereocenters. The van der Waals surface area contributed by atoms with E-state index in [4.69, 9.17) is 8.92 Å². The van der Waals surface area contributed by atoms with Crippen LogP contribution in [-0.4, -0.2) is 32.0 Å². The molecule has 2 heterocycles.